The average molecular weight is 418 g/mol. The predicted molar refractivity (Wildman–Crippen MR) is 123 cm³/mol. The van der Waals surface area contributed by atoms with E-state index in [1.54, 1.807) is 23.9 Å². The average Bonchev–Trinajstić information content (AvgIpc) is 2.79. The Labute approximate surface area is 180 Å². The molecule has 2 aromatic carbocycles. The number of H-pyrrole nitrogens is 1. The minimum absolute atomic E-state index is 0.103. The fourth-order valence-electron chi connectivity index (χ4n) is 3.24. The lowest BCUT2D eigenvalue weighted by atomic mass is 10.0. The SMILES string of the molecule is CN(CC/C=C/Cn1ccc(=O)[nH]c1=O)C(=O)N(C)c1ccccc1-c1ccccc1. The third-order valence-corrected chi connectivity index (χ3v) is 4.96. The van der Waals surface area contributed by atoms with Gasteiger partial charge in [0.15, 0.2) is 0 Å². The highest BCUT2D eigenvalue weighted by Crippen LogP contribution is 2.30. The Hall–Kier alpha value is -3.87. The number of nitrogens with zero attached hydrogens (tertiary/aromatic N) is 3. The number of para-hydroxylation sites is 1. The van der Waals surface area contributed by atoms with Crippen molar-refractivity contribution in [2.24, 2.45) is 0 Å². The van der Waals surface area contributed by atoms with E-state index in [2.05, 4.69) is 4.98 Å². The number of anilines is 1. The van der Waals surface area contributed by atoms with Crippen LogP contribution in [0.5, 0.6) is 0 Å². The first-order valence-electron chi connectivity index (χ1n) is 10.1. The van der Waals surface area contributed by atoms with Crippen LogP contribution in [0.15, 0.2) is 88.6 Å². The van der Waals surface area contributed by atoms with Crippen molar-refractivity contribution in [1.82, 2.24) is 14.5 Å². The van der Waals surface area contributed by atoms with Gasteiger partial charge in [-0.25, -0.2) is 9.59 Å². The highest BCUT2D eigenvalue weighted by molar-refractivity contribution is 5.96. The Morgan fingerprint density at radius 3 is 2.42 bits per heavy atom. The molecule has 3 aromatic rings. The molecule has 0 spiro atoms. The lowest BCUT2D eigenvalue weighted by Gasteiger charge is -2.26. The largest absolute Gasteiger partial charge is 0.328 e. The first-order chi connectivity index (χ1) is 15.0. The van der Waals surface area contributed by atoms with E-state index in [-0.39, 0.29) is 6.03 Å². The smallest absolute Gasteiger partial charge is 0.327 e. The van der Waals surface area contributed by atoms with Gasteiger partial charge in [0.2, 0.25) is 0 Å². The van der Waals surface area contributed by atoms with Crippen LogP contribution in [-0.2, 0) is 6.54 Å². The number of hydrogen-bond acceptors (Lipinski definition) is 3. The molecule has 0 atom stereocenters. The minimum atomic E-state index is -0.442. The normalized spacial score (nSPS) is 10.9. The van der Waals surface area contributed by atoms with Crippen molar-refractivity contribution in [3.05, 3.63) is 99.9 Å². The number of amides is 2. The van der Waals surface area contributed by atoms with Crippen molar-refractivity contribution < 1.29 is 4.79 Å². The predicted octanol–water partition coefficient (Wildman–Crippen LogP) is 3.34. The van der Waals surface area contributed by atoms with Gasteiger partial charge in [-0.2, -0.15) is 0 Å². The van der Waals surface area contributed by atoms with Crippen molar-refractivity contribution in [2.45, 2.75) is 13.0 Å². The number of carbonyl (C=O) groups is 1. The number of allylic oxidation sites excluding steroid dienone is 1. The molecule has 1 aromatic heterocycles. The standard InChI is InChI=1S/C24H26N4O3/c1-26(16-9-4-10-17-28-18-15-22(29)25-23(28)30)24(31)27(2)21-14-8-7-13-20(21)19-11-5-3-6-12-19/h3-8,10-15,18H,9,16-17H2,1-2H3,(H,25,29,30)/b10-4+. The molecule has 0 bridgehead atoms. The number of aromatic nitrogens is 2. The molecule has 160 valence electrons. The molecule has 0 unspecified atom stereocenters. The minimum Gasteiger partial charge on any atom is -0.327 e. The van der Waals surface area contributed by atoms with E-state index in [0.717, 1.165) is 16.8 Å². The molecule has 1 N–H and O–H groups in total. The van der Waals surface area contributed by atoms with Crippen LogP contribution in [-0.4, -0.2) is 41.1 Å². The number of carbonyl (C=O) groups excluding carboxylic acids is 1. The van der Waals surface area contributed by atoms with E-state index in [1.165, 1.54) is 16.8 Å². The maximum atomic E-state index is 12.9. The molecule has 7 nitrogen and oxygen atoms in total. The quantitative estimate of drug-likeness (QED) is 0.598. The van der Waals surface area contributed by atoms with Gasteiger partial charge in [0, 0.05) is 45.0 Å². The second kappa shape index (κ2) is 10.2. The summed E-state index contributed by atoms with van der Waals surface area (Å²) in [4.78, 5) is 41.2. The van der Waals surface area contributed by atoms with E-state index < -0.39 is 11.2 Å². The molecule has 0 radical (unpaired) electrons. The Bertz CT molecular complexity index is 1160. The number of nitrogens with one attached hydrogen (secondary N) is 1. The van der Waals surface area contributed by atoms with Crippen LogP contribution in [0, 0.1) is 0 Å². The van der Waals surface area contributed by atoms with Crippen molar-refractivity contribution in [1.29, 1.82) is 0 Å². The molecule has 0 aliphatic heterocycles. The molecule has 1 heterocycles. The number of benzene rings is 2. The van der Waals surface area contributed by atoms with E-state index in [9.17, 15) is 14.4 Å². The van der Waals surface area contributed by atoms with Crippen LogP contribution in [0.3, 0.4) is 0 Å². The van der Waals surface area contributed by atoms with Gasteiger partial charge < -0.3 is 4.90 Å². The Kier molecular flexibility index (Phi) is 7.22. The summed E-state index contributed by atoms with van der Waals surface area (Å²) >= 11 is 0. The molecule has 0 fully saturated rings. The van der Waals surface area contributed by atoms with Gasteiger partial charge in [0.25, 0.3) is 5.56 Å². The summed E-state index contributed by atoms with van der Waals surface area (Å²) in [6.07, 6.45) is 5.86. The highest BCUT2D eigenvalue weighted by Gasteiger charge is 2.18. The summed E-state index contributed by atoms with van der Waals surface area (Å²) in [6, 6.07) is 19.0. The summed E-state index contributed by atoms with van der Waals surface area (Å²) in [5.74, 6) is 0. The second-order valence-corrected chi connectivity index (χ2v) is 7.17. The van der Waals surface area contributed by atoms with Crippen LogP contribution in [0.25, 0.3) is 11.1 Å². The first-order valence-corrected chi connectivity index (χ1v) is 10.1. The zero-order valence-corrected chi connectivity index (χ0v) is 17.7. The summed E-state index contributed by atoms with van der Waals surface area (Å²) in [7, 11) is 3.54. The lowest BCUT2D eigenvalue weighted by Crippen LogP contribution is -2.39. The molecule has 0 aliphatic rings. The van der Waals surface area contributed by atoms with Crippen LogP contribution in [0.2, 0.25) is 0 Å². The van der Waals surface area contributed by atoms with Gasteiger partial charge >= 0.3 is 11.7 Å². The molecular weight excluding hydrogens is 392 g/mol. The third-order valence-electron chi connectivity index (χ3n) is 4.96. The summed E-state index contributed by atoms with van der Waals surface area (Å²) < 4.78 is 1.40. The van der Waals surface area contributed by atoms with Crippen LogP contribution < -0.4 is 16.1 Å². The number of hydrogen-bond donors (Lipinski definition) is 1. The molecule has 0 saturated carbocycles. The second-order valence-electron chi connectivity index (χ2n) is 7.17. The zero-order chi connectivity index (χ0) is 22.2. The van der Waals surface area contributed by atoms with Crippen molar-refractivity contribution in [3.63, 3.8) is 0 Å². The summed E-state index contributed by atoms with van der Waals surface area (Å²) in [5.41, 5.74) is 2.05. The molecule has 3 rings (SSSR count). The Morgan fingerprint density at radius 2 is 1.68 bits per heavy atom. The Balaban J connectivity index is 1.59. The lowest BCUT2D eigenvalue weighted by molar-refractivity contribution is 0.217. The molecule has 7 heteroatoms. The van der Waals surface area contributed by atoms with E-state index in [0.29, 0.717) is 19.5 Å². The van der Waals surface area contributed by atoms with Crippen LogP contribution in [0.4, 0.5) is 10.5 Å². The monoisotopic (exact) mass is 418 g/mol. The fourth-order valence-corrected chi connectivity index (χ4v) is 3.24. The van der Waals surface area contributed by atoms with Gasteiger partial charge in [-0.05, 0) is 18.1 Å². The van der Waals surface area contributed by atoms with Gasteiger partial charge in [-0.3, -0.25) is 19.2 Å². The van der Waals surface area contributed by atoms with Gasteiger partial charge in [0.05, 0.1) is 5.69 Å². The van der Waals surface area contributed by atoms with Gasteiger partial charge in [-0.15, -0.1) is 0 Å². The van der Waals surface area contributed by atoms with Crippen molar-refractivity contribution in [2.75, 3.05) is 25.5 Å². The van der Waals surface area contributed by atoms with Crippen LogP contribution >= 0.6 is 0 Å². The first kappa shape index (κ1) is 21.8. The summed E-state index contributed by atoms with van der Waals surface area (Å²) in [5, 5.41) is 0. The number of urea groups is 1. The van der Waals surface area contributed by atoms with Crippen molar-refractivity contribution in [3.8, 4) is 11.1 Å². The highest BCUT2D eigenvalue weighted by atomic mass is 16.2. The van der Waals surface area contributed by atoms with Gasteiger partial charge in [0.1, 0.15) is 0 Å². The number of aromatic amines is 1. The Morgan fingerprint density at radius 1 is 0.968 bits per heavy atom. The maximum absolute atomic E-state index is 12.9. The fraction of sp³-hybridized carbons (Fsp3) is 0.208. The third kappa shape index (κ3) is 5.60. The number of rotatable bonds is 7. The van der Waals surface area contributed by atoms with Gasteiger partial charge in [-0.1, -0.05) is 60.7 Å². The van der Waals surface area contributed by atoms with Crippen LogP contribution in [0.1, 0.15) is 6.42 Å². The maximum Gasteiger partial charge on any atom is 0.328 e. The molecular formula is C24H26N4O3. The zero-order valence-electron chi connectivity index (χ0n) is 17.7. The molecule has 0 aliphatic carbocycles. The van der Waals surface area contributed by atoms with E-state index >= 15 is 0 Å². The van der Waals surface area contributed by atoms with Crippen molar-refractivity contribution >= 4 is 11.7 Å². The molecule has 0 saturated heterocycles. The van der Waals surface area contributed by atoms with E-state index in [4.69, 9.17) is 0 Å². The topological polar surface area (TPSA) is 78.4 Å². The molecule has 2 amide bonds. The van der Waals surface area contributed by atoms with E-state index in [1.807, 2.05) is 66.7 Å². The summed E-state index contributed by atoms with van der Waals surface area (Å²) in [6.45, 7) is 0.894. The molecule has 31 heavy (non-hydrogen) atoms.